The van der Waals surface area contributed by atoms with Crippen molar-refractivity contribution in [3.8, 4) is 17.1 Å². The van der Waals surface area contributed by atoms with Gasteiger partial charge in [-0.25, -0.2) is 9.18 Å². The van der Waals surface area contributed by atoms with Gasteiger partial charge in [0.05, 0.1) is 5.02 Å². The monoisotopic (exact) mass is 423 g/mol. The molecule has 0 unspecified atom stereocenters. The van der Waals surface area contributed by atoms with E-state index in [1.165, 1.54) is 12.1 Å². The molecule has 30 heavy (non-hydrogen) atoms. The van der Waals surface area contributed by atoms with E-state index in [4.69, 9.17) is 16.3 Å². The summed E-state index contributed by atoms with van der Waals surface area (Å²) in [5.41, 5.74) is 1.43. The van der Waals surface area contributed by atoms with Gasteiger partial charge in [0.15, 0.2) is 11.6 Å². The number of anilines is 1. The maximum Gasteiger partial charge on any atom is 0.443 e. The normalized spacial score (nSPS) is 10.6. The first kappa shape index (κ1) is 19.5. The number of para-hydroxylation sites is 1. The number of hydrogen-bond donors (Lipinski definition) is 1. The lowest BCUT2D eigenvalue weighted by atomic mass is 10.2. The van der Waals surface area contributed by atoms with Gasteiger partial charge in [0.1, 0.15) is 5.82 Å². The Bertz CT molecular complexity index is 1170. The van der Waals surface area contributed by atoms with Crippen LogP contribution in [0.4, 0.5) is 15.1 Å². The molecule has 2 aromatic heterocycles. The number of aromatic nitrogens is 4. The Morgan fingerprint density at radius 2 is 1.90 bits per heavy atom. The molecule has 2 aromatic carbocycles. The summed E-state index contributed by atoms with van der Waals surface area (Å²) < 4.78 is 19.5. The minimum atomic E-state index is -0.785. The molecule has 150 valence electrons. The highest BCUT2D eigenvalue weighted by Gasteiger charge is 2.20. The number of halogens is 2. The van der Waals surface area contributed by atoms with Crippen LogP contribution in [0.2, 0.25) is 5.02 Å². The van der Waals surface area contributed by atoms with Gasteiger partial charge in [-0.2, -0.15) is 4.98 Å². The first-order chi connectivity index (χ1) is 14.6. The number of ether oxygens (including phenoxy) is 1. The average Bonchev–Trinajstić information content (AvgIpc) is 3.20. The van der Waals surface area contributed by atoms with Gasteiger partial charge in [-0.1, -0.05) is 35.9 Å². The number of carbonyl (C=O) groups excluding carboxylic acids is 1. The van der Waals surface area contributed by atoms with Crippen LogP contribution in [-0.2, 0) is 6.54 Å². The van der Waals surface area contributed by atoms with Crippen molar-refractivity contribution in [3.63, 3.8) is 0 Å². The molecule has 0 amide bonds. The van der Waals surface area contributed by atoms with Gasteiger partial charge in [-0.05, 0) is 42.0 Å². The van der Waals surface area contributed by atoms with Crippen LogP contribution in [0.5, 0.6) is 5.75 Å². The van der Waals surface area contributed by atoms with Crippen molar-refractivity contribution in [2.45, 2.75) is 6.54 Å². The third-order valence-corrected chi connectivity index (χ3v) is 4.41. The lowest BCUT2D eigenvalue weighted by molar-refractivity contribution is 0.199. The van der Waals surface area contributed by atoms with Crippen LogP contribution in [-0.4, -0.2) is 25.8 Å². The Hall–Kier alpha value is -3.78. The Morgan fingerprint density at radius 3 is 2.63 bits per heavy atom. The van der Waals surface area contributed by atoms with E-state index in [1.807, 2.05) is 0 Å². The van der Waals surface area contributed by atoms with Crippen LogP contribution in [0.15, 0.2) is 73.1 Å². The number of nitrogens with zero attached hydrogens (tertiary/aromatic N) is 4. The molecule has 1 N–H and O–H groups in total. The third kappa shape index (κ3) is 4.44. The van der Waals surface area contributed by atoms with E-state index in [9.17, 15) is 9.18 Å². The van der Waals surface area contributed by atoms with Crippen molar-refractivity contribution < 1.29 is 13.9 Å². The smallest absolute Gasteiger partial charge is 0.407 e. The van der Waals surface area contributed by atoms with E-state index in [2.05, 4.69) is 20.4 Å². The quantitative estimate of drug-likeness (QED) is 0.497. The summed E-state index contributed by atoms with van der Waals surface area (Å²) in [6.07, 6.45) is 2.43. The molecular formula is C21H15ClFN5O2. The summed E-state index contributed by atoms with van der Waals surface area (Å²) in [6.45, 7) is 0.296. The summed E-state index contributed by atoms with van der Waals surface area (Å²) in [5, 5.41) is 7.58. The Morgan fingerprint density at radius 1 is 1.10 bits per heavy atom. The van der Waals surface area contributed by atoms with Crippen molar-refractivity contribution in [2.24, 2.45) is 0 Å². The van der Waals surface area contributed by atoms with Crippen LogP contribution in [0, 0.1) is 5.82 Å². The summed E-state index contributed by atoms with van der Waals surface area (Å²) in [4.78, 5) is 21.2. The van der Waals surface area contributed by atoms with Crippen molar-refractivity contribution >= 4 is 23.6 Å². The largest absolute Gasteiger partial charge is 0.443 e. The highest BCUT2D eigenvalue weighted by Crippen LogP contribution is 2.24. The number of pyridine rings is 1. The van der Waals surface area contributed by atoms with Crippen molar-refractivity contribution in [3.05, 3.63) is 89.5 Å². The van der Waals surface area contributed by atoms with Gasteiger partial charge < -0.3 is 10.1 Å². The predicted octanol–water partition coefficient (Wildman–Crippen LogP) is 4.79. The molecule has 0 saturated heterocycles. The molecule has 0 aliphatic carbocycles. The van der Waals surface area contributed by atoms with Gasteiger partial charge in [0.2, 0.25) is 5.95 Å². The number of hydrogen-bond acceptors (Lipinski definition) is 6. The Labute approximate surface area is 176 Å². The molecule has 0 aliphatic rings. The van der Waals surface area contributed by atoms with Crippen LogP contribution < -0.4 is 10.1 Å². The minimum Gasteiger partial charge on any atom is -0.407 e. The molecule has 0 radical (unpaired) electrons. The Balaban J connectivity index is 1.63. The van der Waals surface area contributed by atoms with E-state index in [0.29, 0.717) is 23.0 Å². The zero-order valence-electron chi connectivity index (χ0n) is 15.5. The molecule has 0 saturated carbocycles. The van der Waals surface area contributed by atoms with Crippen LogP contribution in [0.25, 0.3) is 11.4 Å². The maximum atomic E-state index is 13.1. The molecule has 0 fully saturated rings. The van der Waals surface area contributed by atoms with E-state index in [0.717, 1.165) is 10.2 Å². The number of nitrogens with one attached hydrogen (secondary N) is 1. The highest BCUT2D eigenvalue weighted by molar-refractivity contribution is 6.32. The predicted molar refractivity (Wildman–Crippen MR) is 110 cm³/mol. The topological polar surface area (TPSA) is 81.9 Å². The highest BCUT2D eigenvalue weighted by atomic mass is 35.5. The lowest BCUT2D eigenvalue weighted by Gasteiger charge is -2.08. The fourth-order valence-electron chi connectivity index (χ4n) is 2.62. The van der Waals surface area contributed by atoms with Crippen molar-refractivity contribution in [2.75, 3.05) is 5.32 Å². The van der Waals surface area contributed by atoms with Gasteiger partial charge in [-0.15, -0.1) is 9.78 Å². The summed E-state index contributed by atoms with van der Waals surface area (Å²) in [5.74, 6) is 0.326. The number of carbonyl (C=O) groups is 1. The molecule has 9 heteroatoms. The first-order valence-electron chi connectivity index (χ1n) is 8.92. The van der Waals surface area contributed by atoms with Crippen LogP contribution in [0.1, 0.15) is 5.56 Å². The summed E-state index contributed by atoms with van der Waals surface area (Å²) in [7, 11) is 0. The van der Waals surface area contributed by atoms with Gasteiger partial charge >= 0.3 is 6.09 Å². The van der Waals surface area contributed by atoms with E-state index in [-0.39, 0.29) is 17.5 Å². The zero-order chi connectivity index (χ0) is 20.9. The summed E-state index contributed by atoms with van der Waals surface area (Å²) >= 11 is 6.07. The Kier molecular flexibility index (Phi) is 5.67. The summed E-state index contributed by atoms with van der Waals surface area (Å²) in [6, 6.07) is 16.1. The minimum absolute atomic E-state index is 0.162. The average molecular weight is 424 g/mol. The molecule has 2 heterocycles. The van der Waals surface area contributed by atoms with Crippen molar-refractivity contribution in [1.29, 1.82) is 0 Å². The van der Waals surface area contributed by atoms with Gasteiger partial charge in [0.25, 0.3) is 0 Å². The maximum absolute atomic E-state index is 13.1. The zero-order valence-corrected chi connectivity index (χ0v) is 16.3. The molecule has 0 spiro atoms. The fourth-order valence-corrected chi connectivity index (χ4v) is 2.79. The second kappa shape index (κ2) is 8.71. The SMILES string of the molecule is O=C(Oc1ccccc1Cl)n1nc(-c2cccnc2)nc1NCc1ccc(F)cc1. The van der Waals surface area contributed by atoms with E-state index < -0.39 is 6.09 Å². The van der Waals surface area contributed by atoms with Crippen molar-refractivity contribution in [1.82, 2.24) is 19.7 Å². The molecule has 0 atom stereocenters. The molecule has 4 rings (SSSR count). The molecule has 0 aliphatic heterocycles. The fraction of sp³-hybridized carbons (Fsp3) is 0.0476. The van der Waals surface area contributed by atoms with Crippen LogP contribution >= 0.6 is 11.6 Å². The second-order valence-corrected chi connectivity index (χ2v) is 6.60. The second-order valence-electron chi connectivity index (χ2n) is 6.19. The van der Waals surface area contributed by atoms with Gasteiger partial charge in [0, 0.05) is 24.5 Å². The lowest BCUT2D eigenvalue weighted by Crippen LogP contribution is -2.21. The molecule has 7 nitrogen and oxygen atoms in total. The van der Waals surface area contributed by atoms with E-state index >= 15 is 0 Å². The first-order valence-corrected chi connectivity index (χ1v) is 9.30. The number of benzene rings is 2. The number of rotatable bonds is 5. The standard InChI is InChI=1S/C21H15ClFN5O2/c22-17-5-1-2-6-18(17)30-21(29)28-20(25-12-14-7-9-16(23)10-8-14)26-19(27-28)15-4-3-11-24-13-15/h1-11,13H,12H2,(H,25,26,27). The van der Waals surface area contributed by atoms with E-state index in [1.54, 1.807) is 60.9 Å². The van der Waals surface area contributed by atoms with Crippen LogP contribution in [0.3, 0.4) is 0 Å². The third-order valence-electron chi connectivity index (χ3n) is 4.10. The van der Waals surface area contributed by atoms with Gasteiger partial charge in [-0.3, -0.25) is 4.98 Å². The molecule has 0 bridgehead atoms. The molecule has 4 aromatic rings. The molecular weight excluding hydrogens is 409 g/mol.